The minimum absolute atomic E-state index is 0.196. The standard InChI is InChI=1S/C54H32O2/c1-2-14-33(15-3-1)51-40-17-4-6-19-42(40)53(43-20-7-5-18-41(43)51)39-25-13-22-35-36(39)23-12-24-37(35)44-29-31-50-54(45-21-9-11-27-48(45)56-50)52(44)34-28-30-49-46(32-34)38-16-8-10-26-47(38)55-49/h1-32H/i1D,2D,3D,14D,15D. The van der Waals surface area contributed by atoms with Gasteiger partial charge in [-0.3, -0.25) is 0 Å². The quantitative estimate of drug-likeness (QED) is 0.169. The van der Waals surface area contributed by atoms with Crippen LogP contribution >= 0.6 is 0 Å². The Morgan fingerprint density at radius 3 is 1.54 bits per heavy atom. The molecule has 0 fully saturated rings. The van der Waals surface area contributed by atoms with Crippen LogP contribution < -0.4 is 0 Å². The van der Waals surface area contributed by atoms with Gasteiger partial charge in [0.1, 0.15) is 22.3 Å². The highest BCUT2D eigenvalue weighted by atomic mass is 16.3. The van der Waals surface area contributed by atoms with Crippen LogP contribution in [0.4, 0.5) is 0 Å². The molecule has 10 aromatic carbocycles. The molecule has 0 amide bonds. The molecule has 0 saturated carbocycles. The smallest absolute Gasteiger partial charge is 0.136 e. The lowest BCUT2D eigenvalue weighted by Crippen LogP contribution is -1.92. The van der Waals surface area contributed by atoms with Crippen LogP contribution in [-0.2, 0) is 0 Å². The van der Waals surface area contributed by atoms with Crippen molar-refractivity contribution < 1.29 is 15.7 Å². The predicted molar refractivity (Wildman–Crippen MR) is 235 cm³/mol. The van der Waals surface area contributed by atoms with E-state index in [1.54, 1.807) is 0 Å². The molecule has 260 valence electrons. The Labute approximate surface area is 329 Å². The van der Waals surface area contributed by atoms with Crippen LogP contribution in [0.2, 0.25) is 0 Å². The van der Waals surface area contributed by atoms with E-state index in [-0.39, 0.29) is 29.7 Å². The first-order valence-electron chi connectivity index (χ1n) is 21.3. The Kier molecular flexibility index (Phi) is 5.67. The van der Waals surface area contributed by atoms with Gasteiger partial charge in [0.15, 0.2) is 0 Å². The fourth-order valence-electron chi connectivity index (χ4n) is 9.05. The van der Waals surface area contributed by atoms with Crippen LogP contribution in [0, 0.1) is 0 Å². The lowest BCUT2D eigenvalue weighted by molar-refractivity contribution is 0.669. The Morgan fingerprint density at radius 2 is 0.821 bits per heavy atom. The van der Waals surface area contributed by atoms with Crippen LogP contribution in [0.5, 0.6) is 0 Å². The van der Waals surface area contributed by atoms with Gasteiger partial charge >= 0.3 is 0 Å². The molecule has 0 spiro atoms. The lowest BCUT2D eigenvalue weighted by Gasteiger charge is -2.20. The number of furan rings is 2. The van der Waals surface area contributed by atoms with E-state index < -0.39 is 6.04 Å². The molecule has 12 rings (SSSR count). The van der Waals surface area contributed by atoms with E-state index in [0.29, 0.717) is 5.56 Å². The molecule has 2 nitrogen and oxygen atoms in total. The van der Waals surface area contributed by atoms with E-state index in [9.17, 15) is 0 Å². The summed E-state index contributed by atoms with van der Waals surface area (Å²) in [5.74, 6) is 0. The summed E-state index contributed by atoms with van der Waals surface area (Å²) in [4.78, 5) is 0. The van der Waals surface area contributed by atoms with E-state index >= 15 is 0 Å². The highest BCUT2D eigenvalue weighted by Crippen LogP contribution is 2.49. The molecule has 0 aliphatic heterocycles. The van der Waals surface area contributed by atoms with Crippen LogP contribution in [-0.4, -0.2) is 0 Å². The van der Waals surface area contributed by atoms with Gasteiger partial charge in [-0.05, 0) is 108 Å². The van der Waals surface area contributed by atoms with Crippen molar-refractivity contribution in [3.8, 4) is 44.5 Å². The molecule has 2 aromatic heterocycles. The van der Waals surface area contributed by atoms with Gasteiger partial charge in [-0.1, -0.05) is 158 Å². The van der Waals surface area contributed by atoms with Crippen molar-refractivity contribution in [1.82, 2.24) is 0 Å². The summed E-state index contributed by atoms with van der Waals surface area (Å²) < 4.78 is 56.2. The van der Waals surface area contributed by atoms with E-state index in [1.165, 1.54) is 0 Å². The summed E-state index contributed by atoms with van der Waals surface area (Å²) >= 11 is 0. The van der Waals surface area contributed by atoms with Gasteiger partial charge in [-0.2, -0.15) is 0 Å². The maximum atomic E-state index is 9.00. The molecular weight excluding hydrogens is 681 g/mol. The highest BCUT2D eigenvalue weighted by molar-refractivity contribution is 6.25. The molecule has 2 heterocycles. The number of para-hydroxylation sites is 2. The van der Waals surface area contributed by atoms with Crippen molar-refractivity contribution in [3.63, 3.8) is 0 Å². The summed E-state index contributed by atoms with van der Waals surface area (Å²) in [6, 6.07) is 54.5. The molecule has 56 heavy (non-hydrogen) atoms. The maximum absolute atomic E-state index is 9.00. The first kappa shape index (κ1) is 26.4. The molecule has 0 bridgehead atoms. The SMILES string of the molecule is [2H]c1c([2H])c([2H])c(-c2c3ccccc3c(-c3cccc4c(-c5ccc6oc7ccccc7c6c5-c5ccc6oc7ccccc7c6c5)cccc34)c3ccccc23)c([2H])c1[2H]. The average molecular weight is 718 g/mol. The monoisotopic (exact) mass is 717 g/mol. The lowest BCUT2D eigenvalue weighted by atomic mass is 9.83. The van der Waals surface area contributed by atoms with Gasteiger partial charge in [0.05, 0.1) is 6.85 Å². The zero-order valence-corrected chi connectivity index (χ0v) is 29.9. The Hall–Kier alpha value is -7.42. The number of rotatable bonds is 4. The van der Waals surface area contributed by atoms with Crippen LogP contribution in [0.15, 0.2) is 203 Å². The summed E-state index contributed by atoms with van der Waals surface area (Å²) in [6.07, 6.45) is 0. The third kappa shape index (κ3) is 4.50. The minimum atomic E-state index is -0.408. The Morgan fingerprint density at radius 1 is 0.304 bits per heavy atom. The molecule has 0 saturated heterocycles. The van der Waals surface area contributed by atoms with Crippen LogP contribution in [0.1, 0.15) is 6.85 Å². The topological polar surface area (TPSA) is 26.3 Å². The zero-order chi connectivity index (χ0) is 41.1. The molecule has 12 aromatic rings. The van der Waals surface area contributed by atoms with Gasteiger partial charge in [-0.25, -0.2) is 0 Å². The van der Waals surface area contributed by atoms with Gasteiger partial charge in [0.25, 0.3) is 0 Å². The number of hydrogen-bond acceptors (Lipinski definition) is 2. The molecule has 2 heteroatoms. The van der Waals surface area contributed by atoms with E-state index in [2.05, 4.69) is 97.1 Å². The minimum Gasteiger partial charge on any atom is -0.456 e. The van der Waals surface area contributed by atoms with Crippen LogP contribution in [0.3, 0.4) is 0 Å². The Bertz CT molecular complexity index is 3750. The molecule has 0 atom stereocenters. The molecule has 0 aliphatic rings. The van der Waals surface area contributed by atoms with Gasteiger partial charge < -0.3 is 8.83 Å². The summed E-state index contributed by atoms with van der Waals surface area (Å²) in [6.45, 7) is 0. The average Bonchev–Trinajstić information content (AvgIpc) is 3.88. The van der Waals surface area contributed by atoms with E-state index in [0.717, 1.165) is 110 Å². The molecule has 0 unspecified atom stereocenters. The van der Waals surface area contributed by atoms with Crippen LogP contribution in [0.25, 0.3) is 121 Å². The largest absolute Gasteiger partial charge is 0.456 e. The molecule has 0 radical (unpaired) electrons. The second-order valence-electron chi connectivity index (χ2n) is 14.3. The molecule has 0 N–H and O–H groups in total. The van der Waals surface area contributed by atoms with Gasteiger partial charge in [-0.15, -0.1) is 0 Å². The van der Waals surface area contributed by atoms with Crippen molar-refractivity contribution in [3.05, 3.63) is 194 Å². The van der Waals surface area contributed by atoms with Crippen molar-refractivity contribution in [1.29, 1.82) is 0 Å². The van der Waals surface area contributed by atoms with Gasteiger partial charge in [0, 0.05) is 27.1 Å². The van der Waals surface area contributed by atoms with Crippen molar-refractivity contribution in [2.45, 2.75) is 0 Å². The Balaban J connectivity index is 1.16. The summed E-state index contributed by atoms with van der Waals surface area (Å²) in [5, 5.41) is 9.82. The third-order valence-corrected chi connectivity index (χ3v) is 11.4. The van der Waals surface area contributed by atoms with E-state index in [1.807, 2.05) is 66.7 Å². The van der Waals surface area contributed by atoms with Crippen molar-refractivity contribution in [2.75, 3.05) is 0 Å². The second kappa shape index (κ2) is 12.0. The number of fused-ring (bicyclic) bond motifs is 9. The predicted octanol–water partition coefficient (Wildman–Crippen LogP) is 15.6. The molecule has 0 aliphatic carbocycles. The normalized spacial score (nSPS) is 13.2. The van der Waals surface area contributed by atoms with Gasteiger partial charge in [0.2, 0.25) is 0 Å². The first-order chi connectivity index (χ1) is 29.9. The van der Waals surface area contributed by atoms with Crippen molar-refractivity contribution >= 4 is 76.2 Å². The second-order valence-corrected chi connectivity index (χ2v) is 14.3. The van der Waals surface area contributed by atoms with E-state index in [4.69, 9.17) is 15.7 Å². The molecular formula is C54H32O2. The summed E-state index contributed by atoms with van der Waals surface area (Å²) in [5.41, 5.74) is 10.5. The third-order valence-electron chi connectivity index (χ3n) is 11.4. The van der Waals surface area contributed by atoms with Crippen molar-refractivity contribution in [2.24, 2.45) is 0 Å². The summed E-state index contributed by atoms with van der Waals surface area (Å²) in [7, 11) is 0. The number of hydrogen-bond donors (Lipinski definition) is 0. The highest BCUT2D eigenvalue weighted by Gasteiger charge is 2.22. The fourth-order valence-corrected chi connectivity index (χ4v) is 9.05. The maximum Gasteiger partial charge on any atom is 0.136 e. The number of benzene rings is 10. The first-order valence-corrected chi connectivity index (χ1v) is 18.8. The zero-order valence-electron chi connectivity index (χ0n) is 34.9. The fraction of sp³-hybridized carbons (Fsp3) is 0.